The summed E-state index contributed by atoms with van der Waals surface area (Å²) in [6, 6.07) is 11.8. The van der Waals surface area contributed by atoms with Gasteiger partial charge in [0.05, 0.1) is 16.9 Å². The van der Waals surface area contributed by atoms with Crippen molar-refractivity contribution in [3.05, 3.63) is 53.8 Å². The summed E-state index contributed by atoms with van der Waals surface area (Å²) in [5.41, 5.74) is 8.03. The zero-order valence-corrected chi connectivity index (χ0v) is 13.8. The number of carbonyl (C=O) groups is 1. The smallest absolute Gasteiger partial charge is 0.258 e. The zero-order valence-electron chi connectivity index (χ0n) is 13.8. The fourth-order valence-electron chi connectivity index (χ4n) is 3.20. The highest BCUT2D eigenvalue weighted by Crippen LogP contribution is 2.33. The van der Waals surface area contributed by atoms with E-state index in [0.29, 0.717) is 17.4 Å². The van der Waals surface area contributed by atoms with Gasteiger partial charge in [0.25, 0.3) is 5.91 Å². The van der Waals surface area contributed by atoms with Gasteiger partial charge < -0.3 is 16.0 Å². The van der Waals surface area contributed by atoms with Crippen LogP contribution < -0.4 is 16.0 Å². The predicted octanol–water partition coefficient (Wildman–Crippen LogP) is 4.04. The summed E-state index contributed by atoms with van der Waals surface area (Å²) >= 11 is 0. The Bertz CT molecular complexity index is 747. The van der Waals surface area contributed by atoms with E-state index in [9.17, 15) is 9.18 Å². The minimum absolute atomic E-state index is 0.0255. The molecule has 0 bridgehead atoms. The van der Waals surface area contributed by atoms with Crippen LogP contribution in [-0.4, -0.2) is 18.5 Å². The molecule has 1 aliphatic heterocycles. The van der Waals surface area contributed by atoms with Crippen molar-refractivity contribution in [1.82, 2.24) is 0 Å². The highest BCUT2D eigenvalue weighted by molar-refractivity contribution is 6.06. The minimum atomic E-state index is -0.535. The van der Waals surface area contributed by atoms with E-state index in [1.165, 1.54) is 18.6 Å². The first-order valence-electron chi connectivity index (χ1n) is 8.28. The maximum atomic E-state index is 13.8. The Morgan fingerprint density at radius 1 is 1.25 bits per heavy atom. The SMILES string of the molecule is CC1CCCCN1c1ccc(N)cc1NC(=O)c1ccccc1F. The predicted molar refractivity (Wildman–Crippen MR) is 95.9 cm³/mol. The van der Waals surface area contributed by atoms with Gasteiger partial charge in [0.2, 0.25) is 0 Å². The Kier molecular flexibility index (Phi) is 4.69. The Balaban J connectivity index is 1.91. The second-order valence-corrected chi connectivity index (χ2v) is 6.25. The van der Waals surface area contributed by atoms with E-state index in [-0.39, 0.29) is 5.56 Å². The number of benzene rings is 2. The molecule has 1 atom stereocenters. The number of nitrogen functional groups attached to an aromatic ring is 1. The maximum absolute atomic E-state index is 13.8. The lowest BCUT2D eigenvalue weighted by Gasteiger charge is -2.36. The first-order valence-corrected chi connectivity index (χ1v) is 8.28. The molecule has 0 spiro atoms. The lowest BCUT2D eigenvalue weighted by atomic mass is 10.0. The average Bonchev–Trinajstić information content (AvgIpc) is 2.56. The molecular formula is C19H22FN3O. The minimum Gasteiger partial charge on any atom is -0.399 e. The number of rotatable bonds is 3. The van der Waals surface area contributed by atoms with E-state index in [1.807, 2.05) is 12.1 Å². The van der Waals surface area contributed by atoms with Crippen molar-refractivity contribution >= 4 is 23.0 Å². The van der Waals surface area contributed by atoms with Gasteiger partial charge in [0.15, 0.2) is 0 Å². The van der Waals surface area contributed by atoms with Crippen LogP contribution in [0.4, 0.5) is 21.5 Å². The van der Waals surface area contributed by atoms with Gasteiger partial charge in [-0.1, -0.05) is 12.1 Å². The Morgan fingerprint density at radius 2 is 2.04 bits per heavy atom. The van der Waals surface area contributed by atoms with Gasteiger partial charge in [-0.2, -0.15) is 0 Å². The third-order valence-electron chi connectivity index (χ3n) is 4.50. The van der Waals surface area contributed by atoms with Gasteiger partial charge in [-0.25, -0.2) is 4.39 Å². The second-order valence-electron chi connectivity index (χ2n) is 6.25. The van der Waals surface area contributed by atoms with Gasteiger partial charge in [-0.15, -0.1) is 0 Å². The van der Waals surface area contributed by atoms with Crippen LogP contribution in [0.3, 0.4) is 0 Å². The summed E-state index contributed by atoms with van der Waals surface area (Å²) in [5.74, 6) is -1.00. The molecule has 1 aliphatic rings. The number of nitrogens with one attached hydrogen (secondary N) is 1. The van der Waals surface area contributed by atoms with Crippen molar-refractivity contribution in [2.75, 3.05) is 22.5 Å². The summed E-state index contributed by atoms with van der Waals surface area (Å²) in [6.07, 6.45) is 3.45. The van der Waals surface area contributed by atoms with Gasteiger partial charge in [-0.3, -0.25) is 4.79 Å². The molecule has 4 nitrogen and oxygen atoms in total. The van der Waals surface area contributed by atoms with Crippen molar-refractivity contribution in [3.8, 4) is 0 Å². The molecule has 24 heavy (non-hydrogen) atoms. The van der Waals surface area contributed by atoms with Gasteiger partial charge >= 0.3 is 0 Å². The molecule has 126 valence electrons. The van der Waals surface area contributed by atoms with Crippen LogP contribution in [0.25, 0.3) is 0 Å². The van der Waals surface area contributed by atoms with Crippen LogP contribution in [0.1, 0.15) is 36.5 Å². The molecule has 1 heterocycles. The van der Waals surface area contributed by atoms with E-state index in [2.05, 4.69) is 17.1 Å². The lowest BCUT2D eigenvalue weighted by Crippen LogP contribution is -2.38. The number of hydrogen-bond acceptors (Lipinski definition) is 3. The molecule has 3 N–H and O–H groups in total. The van der Waals surface area contributed by atoms with E-state index in [1.54, 1.807) is 18.2 Å². The standard InChI is InChI=1S/C19H22FN3O/c1-13-6-4-5-11-23(13)18-10-9-14(21)12-17(18)22-19(24)15-7-2-3-8-16(15)20/h2-3,7-10,12-13H,4-6,11,21H2,1H3,(H,22,24). The third kappa shape index (κ3) is 3.35. The van der Waals surface area contributed by atoms with E-state index in [0.717, 1.165) is 25.1 Å². The Morgan fingerprint density at radius 3 is 2.79 bits per heavy atom. The van der Waals surface area contributed by atoms with Crippen LogP contribution in [0.5, 0.6) is 0 Å². The van der Waals surface area contributed by atoms with Crippen molar-refractivity contribution in [2.45, 2.75) is 32.2 Å². The highest BCUT2D eigenvalue weighted by atomic mass is 19.1. The first kappa shape index (κ1) is 16.3. The van der Waals surface area contributed by atoms with E-state index < -0.39 is 11.7 Å². The van der Waals surface area contributed by atoms with Crippen molar-refractivity contribution in [2.24, 2.45) is 0 Å². The highest BCUT2D eigenvalue weighted by Gasteiger charge is 2.22. The third-order valence-corrected chi connectivity index (χ3v) is 4.50. The molecule has 1 saturated heterocycles. The number of halogens is 1. The van der Waals surface area contributed by atoms with E-state index in [4.69, 9.17) is 5.73 Å². The second kappa shape index (κ2) is 6.91. The molecule has 1 amide bonds. The van der Waals surface area contributed by atoms with Crippen LogP contribution in [-0.2, 0) is 0 Å². The van der Waals surface area contributed by atoms with Crippen LogP contribution in [0, 0.1) is 5.82 Å². The molecule has 3 rings (SSSR count). The topological polar surface area (TPSA) is 58.4 Å². The van der Waals surface area contributed by atoms with E-state index >= 15 is 0 Å². The molecular weight excluding hydrogens is 305 g/mol. The van der Waals surface area contributed by atoms with Crippen molar-refractivity contribution in [1.29, 1.82) is 0 Å². The summed E-state index contributed by atoms with van der Waals surface area (Å²) in [7, 11) is 0. The van der Waals surface area contributed by atoms with Crippen LogP contribution >= 0.6 is 0 Å². The number of piperidine rings is 1. The number of carbonyl (C=O) groups excluding carboxylic acids is 1. The van der Waals surface area contributed by atoms with Crippen molar-refractivity contribution < 1.29 is 9.18 Å². The molecule has 5 heteroatoms. The molecule has 0 saturated carbocycles. The summed E-state index contributed by atoms with van der Waals surface area (Å²) in [6.45, 7) is 3.12. The fraction of sp³-hybridized carbons (Fsp3) is 0.316. The molecule has 0 radical (unpaired) electrons. The number of nitrogens with zero attached hydrogens (tertiary/aromatic N) is 1. The van der Waals surface area contributed by atoms with Gasteiger partial charge in [0, 0.05) is 18.3 Å². The summed E-state index contributed by atoms with van der Waals surface area (Å²) in [4.78, 5) is 14.7. The largest absolute Gasteiger partial charge is 0.399 e. The molecule has 1 fully saturated rings. The summed E-state index contributed by atoms with van der Waals surface area (Å²) in [5, 5.41) is 2.83. The number of amides is 1. The average molecular weight is 327 g/mol. The molecule has 1 unspecified atom stereocenters. The zero-order chi connectivity index (χ0) is 17.1. The summed E-state index contributed by atoms with van der Waals surface area (Å²) < 4.78 is 13.8. The van der Waals surface area contributed by atoms with Crippen LogP contribution in [0.2, 0.25) is 0 Å². The number of nitrogens with two attached hydrogens (primary N) is 1. The molecule has 2 aromatic carbocycles. The first-order chi connectivity index (χ1) is 11.6. The van der Waals surface area contributed by atoms with Gasteiger partial charge in [-0.05, 0) is 56.5 Å². The van der Waals surface area contributed by atoms with Crippen LogP contribution in [0.15, 0.2) is 42.5 Å². The number of anilines is 3. The molecule has 2 aromatic rings. The van der Waals surface area contributed by atoms with Gasteiger partial charge in [0.1, 0.15) is 5.82 Å². The lowest BCUT2D eigenvalue weighted by molar-refractivity contribution is 0.102. The van der Waals surface area contributed by atoms with Crippen molar-refractivity contribution in [3.63, 3.8) is 0 Å². The maximum Gasteiger partial charge on any atom is 0.258 e. The molecule has 0 aromatic heterocycles. The quantitative estimate of drug-likeness (QED) is 0.837. The number of hydrogen-bond donors (Lipinski definition) is 2. The normalized spacial score (nSPS) is 17.6. The fourth-order valence-corrected chi connectivity index (χ4v) is 3.20. The monoisotopic (exact) mass is 327 g/mol. The Hall–Kier alpha value is -2.56. The molecule has 0 aliphatic carbocycles. The Labute approximate surface area is 141 Å².